The Morgan fingerprint density at radius 2 is 1.61 bits per heavy atom. The fourth-order valence-electron chi connectivity index (χ4n) is 5.99. The Balaban J connectivity index is 1.58. The second kappa shape index (κ2) is 11.3. The van der Waals surface area contributed by atoms with Crippen molar-refractivity contribution in [1.29, 1.82) is 0 Å². The van der Waals surface area contributed by atoms with Gasteiger partial charge >= 0.3 is 6.09 Å². The number of hydrogen-bond acceptors (Lipinski definition) is 6. The van der Waals surface area contributed by atoms with Crippen molar-refractivity contribution in [3.63, 3.8) is 0 Å². The number of carbonyl (C=O) groups excluding carboxylic acids is 4. The average Bonchev–Trinajstić information content (AvgIpc) is 3.57. The van der Waals surface area contributed by atoms with E-state index in [4.69, 9.17) is 4.74 Å². The van der Waals surface area contributed by atoms with Crippen LogP contribution >= 0.6 is 0 Å². The lowest BCUT2D eigenvalue weighted by atomic mass is 9.67. The molecule has 1 heterocycles. The maximum Gasteiger partial charge on any atom is 0.408 e. The molecule has 0 radical (unpaired) electrons. The highest BCUT2D eigenvalue weighted by Crippen LogP contribution is 2.49. The van der Waals surface area contributed by atoms with Crippen molar-refractivity contribution in [2.45, 2.75) is 116 Å². The zero-order valence-electron chi connectivity index (χ0n) is 25.4. The molecule has 4 N–H and O–H groups in total. The summed E-state index contributed by atoms with van der Waals surface area (Å²) in [6.07, 6.45) is 1.27. The molecule has 4 amide bonds. The van der Waals surface area contributed by atoms with Crippen molar-refractivity contribution >= 4 is 23.8 Å². The van der Waals surface area contributed by atoms with Crippen LogP contribution in [0.1, 0.15) is 78.9 Å². The summed E-state index contributed by atoms with van der Waals surface area (Å²) >= 11 is 0. The molecule has 3 unspecified atom stereocenters. The number of benzene rings is 1. The summed E-state index contributed by atoms with van der Waals surface area (Å²) in [6, 6.07) is 5.54. The molecule has 1 saturated carbocycles. The molecular weight excluding hydrogens is 524 g/mol. The van der Waals surface area contributed by atoms with Crippen molar-refractivity contribution in [2.24, 2.45) is 10.8 Å². The predicted molar refractivity (Wildman–Crippen MR) is 154 cm³/mol. The molecule has 1 saturated heterocycles. The van der Waals surface area contributed by atoms with Gasteiger partial charge in [0.1, 0.15) is 17.7 Å². The van der Waals surface area contributed by atoms with Crippen molar-refractivity contribution in [1.82, 2.24) is 20.9 Å². The molecule has 0 aromatic heterocycles. The first kappa shape index (κ1) is 30.8. The molecule has 4 atom stereocenters. The molecule has 10 heteroatoms. The second-order valence-corrected chi connectivity index (χ2v) is 14.0. The van der Waals surface area contributed by atoms with Crippen LogP contribution in [0.25, 0.3) is 0 Å². The van der Waals surface area contributed by atoms with Crippen molar-refractivity contribution < 1.29 is 29.0 Å². The van der Waals surface area contributed by atoms with Crippen LogP contribution in [0.5, 0.6) is 0 Å². The van der Waals surface area contributed by atoms with Crippen LogP contribution in [-0.4, -0.2) is 76.2 Å². The highest BCUT2D eigenvalue weighted by atomic mass is 16.6. The van der Waals surface area contributed by atoms with Gasteiger partial charge in [0.25, 0.3) is 5.91 Å². The first-order valence-corrected chi connectivity index (χ1v) is 14.7. The number of likely N-dealkylation sites (tertiary alicyclic amines) is 1. The third kappa shape index (κ3) is 6.85. The highest BCUT2D eigenvalue weighted by molar-refractivity contribution is 5.95. The standard InChI is InChI=1S/C31H46N4O6/c1-8-21(22(36)25(37)32-20-13-14-20)33-26(38)24-31(15-18-11-9-10-12-19(18)16-31)17-35(24)27(39)23(29(2,3)4)34-28(40)41-30(5,6)7/h9-12,20-24,36H,8,13-17H2,1-7H3,(H,32,37)(H,33,38)(H,34,40)/t21?,22?,23-,24?/m1/s1. The number of aliphatic hydroxyl groups is 1. The molecule has 0 bridgehead atoms. The Morgan fingerprint density at radius 3 is 2.10 bits per heavy atom. The van der Waals surface area contributed by atoms with Gasteiger partial charge in [0.15, 0.2) is 6.10 Å². The van der Waals surface area contributed by atoms with E-state index in [0.717, 1.165) is 24.0 Å². The van der Waals surface area contributed by atoms with Gasteiger partial charge in [-0.1, -0.05) is 52.0 Å². The molecule has 3 aliphatic rings. The van der Waals surface area contributed by atoms with Crippen LogP contribution in [0.2, 0.25) is 0 Å². The fourth-order valence-corrected chi connectivity index (χ4v) is 5.99. The smallest absolute Gasteiger partial charge is 0.408 e. The second-order valence-electron chi connectivity index (χ2n) is 14.0. The summed E-state index contributed by atoms with van der Waals surface area (Å²) < 4.78 is 5.44. The maximum absolute atomic E-state index is 14.1. The molecule has 226 valence electrons. The molecule has 1 spiro atoms. The van der Waals surface area contributed by atoms with Gasteiger partial charge in [-0.05, 0) is 69.4 Å². The largest absolute Gasteiger partial charge is 0.444 e. The number of fused-ring (bicyclic) bond motifs is 1. The SMILES string of the molecule is CCC(NC(=O)C1N(C(=O)[C@@H](NC(=O)OC(C)(C)C)C(C)(C)C)CC12Cc1ccccc1C2)C(O)C(=O)NC1CC1. The Kier molecular flexibility index (Phi) is 8.47. The number of alkyl carbamates (subject to hydrolysis) is 1. The fraction of sp³-hybridized carbons (Fsp3) is 0.677. The van der Waals surface area contributed by atoms with Crippen molar-refractivity contribution in [2.75, 3.05) is 6.54 Å². The van der Waals surface area contributed by atoms with Crippen molar-refractivity contribution in [3.05, 3.63) is 35.4 Å². The van der Waals surface area contributed by atoms with E-state index in [9.17, 15) is 24.3 Å². The van der Waals surface area contributed by atoms with Gasteiger partial charge in [0.05, 0.1) is 6.04 Å². The van der Waals surface area contributed by atoms with E-state index in [-0.39, 0.29) is 11.9 Å². The number of rotatable bonds is 8. The number of ether oxygens (including phenoxy) is 1. The van der Waals surface area contributed by atoms with Gasteiger partial charge in [0, 0.05) is 18.0 Å². The molecule has 41 heavy (non-hydrogen) atoms. The van der Waals surface area contributed by atoms with Crippen LogP contribution in [0.15, 0.2) is 24.3 Å². The van der Waals surface area contributed by atoms with Gasteiger partial charge in [-0.25, -0.2) is 4.79 Å². The van der Waals surface area contributed by atoms with Crippen molar-refractivity contribution in [3.8, 4) is 0 Å². The summed E-state index contributed by atoms with van der Waals surface area (Å²) in [5.41, 5.74) is 0.368. The molecule has 1 aliphatic heterocycles. The normalized spacial score (nSPS) is 21.7. The highest BCUT2D eigenvalue weighted by Gasteiger charge is 2.61. The molecule has 1 aromatic rings. The lowest BCUT2D eigenvalue weighted by molar-refractivity contribution is -0.168. The lowest BCUT2D eigenvalue weighted by Gasteiger charge is -2.56. The van der Waals surface area contributed by atoms with Gasteiger partial charge < -0.3 is 30.7 Å². The van der Waals surface area contributed by atoms with Gasteiger partial charge in [0.2, 0.25) is 11.8 Å². The predicted octanol–water partition coefficient (Wildman–Crippen LogP) is 2.46. The van der Waals surface area contributed by atoms with Crippen LogP contribution in [0, 0.1) is 10.8 Å². The van der Waals surface area contributed by atoms with Crippen LogP contribution in [-0.2, 0) is 32.0 Å². The van der Waals surface area contributed by atoms with E-state index in [1.807, 2.05) is 45.0 Å². The van der Waals surface area contributed by atoms with Gasteiger partial charge in [-0.15, -0.1) is 0 Å². The zero-order valence-corrected chi connectivity index (χ0v) is 25.4. The zero-order chi connectivity index (χ0) is 30.3. The number of hydrogen-bond donors (Lipinski definition) is 4. The third-order valence-corrected chi connectivity index (χ3v) is 8.23. The molecule has 2 aliphatic carbocycles. The Bertz CT molecular complexity index is 1160. The quantitative estimate of drug-likeness (QED) is 0.379. The maximum atomic E-state index is 14.1. The topological polar surface area (TPSA) is 137 Å². The number of carbonyl (C=O) groups is 4. The van der Waals surface area contributed by atoms with E-state index in [1.54, 1.807) is 27.7 Å². The minimum Gasteiger partial charge on any atom is -0.444 e. The molecule has 10 nitrogen and oxygen atoms in total. The number of aliphatic hydroxyl groups excluding tert-OH is 1. The Hall–Kier alpha value is -3.14. The molecule has 4 rings (SSSR count). The van der Waals surface area contributed by atoms with Gasteiger partial charge in [-0.2, -0.15) is 0 Å². The summed E-state index contributed by atoms with van der Waals surface area (Å²) in [7, 11) is 0. The number of nitrogens with one attached hydrogen (secondary N) is 3. The first-order valence-electron chi connectivity index (χ1n) is 14.7. The van der Waals surface area contributed by atoms with Crippen LogP contribution in [0.3, 0.4) is 0 Å². The first-order chi connectivity index (χ1) is 19.0. The Labute approximate surface area is 243 Å². The Morgan fingerprint density at radius 1 is 1.02 bits per heavy atom. The lowest BCUT2D eigenvalue weighted by Crippen LogP contribution is -2.75. The van der Waals surface area contributed by atoms with E-state index >= 15 is 0 Å². The molecule has 1 aromatic carbocycles. The van der Waals surface area contributed by atoms with E-state index in [2.05, 4.69) is 16.0 Å². The van der Waals surface area contributed by atoms with E-state index in [1.165, 1.54) is 4.90 Å². The minimum absolute atomic E-state index is 0.0807. The molecular formula is C31H46N4O6. The summed E-state index contributed by atoms with van der Waals surface area (Å²) in [5.74, 6) is -1.28. The number of nitrogens with zero attached hydrogens (tertiary/aromatic N) is 1. The summed E-state index contributed by atoms with van der Waals surface area (Å²) in [4.78, 5) is 54.9. The molecule has 2 fully saturated rings. The third-order valence-electron chi connectivity index (χ3n) is 8.23. The van der Waals surface area contributed by atoms with E-state index < -0.39 is 58.6 Å². The van der Waals surface area contributed by atoms with Crippen LogP contribution < -0.4 is 16.0 Å². The monoisotopic (exact) mass is 570 g/mol. The van der Waals surface area contributed by atoms with Gasteiger partial charge in [-0.3, -0.25) is 14.4 Å². The average molecular weight is 571 g/mol. The summed E-state index contributed by atoms with van der Waals surface area (Å²) in [6.45, 7) is 13.0. The van der Waals surface area contributed by atoms with Crippen LogP contribution in [0.4, 0.5) is 4.79 Å². The number of amides is 4. The summed E-state index contributed by atoms with van der Waals surface area (Å²) in [5, 5.41) is 19.2. The minimum atomic E-state index is -1.40. The van der Waals surface area contributed by atoms with E-state index in [0.29, 0.717) is 25.8 Å².